The quantitative estimate of drug-likeness (QED) is 0.428. The Hall–Kier alpha value is -1.32. The molecule has 0 atom stereocenters. The predicted octanol–water partition coefficient (Wildman–Crippen LogP) is 2.60. The van der Waals surface area contributed by atoms with Crippen molar-refractivity contribution < 1.29 is 0 Å². The Bertz CT molecular complexity index is 244. The first-order valence-corrected chi connectivity index (χ1v) is 4.26. The largest absolute Gasteiger partial charge is 0.119 e. The van der Waals surface area contributed by atoms with Crippen molar-refractivity contribution in [3.63, 3.8) is 0 Å². The average molecular weight is 158 g/mol. The molecule has 0 spiro atoms. The van der Waals surface area contributed by atoms with Gasteiger partial charge in [-0.25, -0.2) is 0 Å². The minimum Gasteiger partial charge on any atom is -0.119 e. The molecule has 0 nitrogen and oxygen atoms in total. The molecule has 0 rings (SSSR count). The lowest BCUT2D eigenvalue weighted by atomic mass is 10.2. The zero-order chi connectivity index (χ0) is 9.07. The number of unbranched alkanes of at least 4 members (excludes halogenated alkanes) is 2. The van der Waals surface area contributed by atoms with Crippen LogP contribution in [-0.4, -0.2) is 0 Å². The van der Waals surface area contributed by atoms with Crippen molar-refractivity contribution >= 4 is 0 Å². The maximum atomic E-state index is 5.02. The van der Waals surface area contributed by atoms with E-state index in [0.29, 0.717) is 12.8 Å². The van der Waals surface area contributed by atoms with Crippen LogP contribution >= 0.6 is 0 Å². The molecule has 0 bridgehead atoms. The van der Waals surface area contributed by atoms with Crippen molar-refractivity contribution in [2.24, 2.45) is 0 Å². The third-order valence-corrected chi connectivity index (χ3v) is 1.27. The average Bonchev–Trinajstić information content (AvgIpc) is 2.10. The predicted molar refractivity (Wildman–Crippen MR) is 53.1 cm³/mol. The van der Waals surface area contributed by atoms with Crippen LogP contribution in [-0.2, 0) is 0 Å². The van der Waals surface area contributed by atoms with Gasteiger partial charge in [-0.2, -0.15) is 0 Å². The molecule has 0 saturated heterocycles. The minimum absolute atomic E-state index is 0.538. The molecular weight excluding hydrogens is 144 g/mol. The van der Waals surface area contributed by atoms with Gasteiger partial charge in [0, 0.05) is 6.42 Å². The zero-order valence-corrected chi connectivity index (χ0v) is 7.61. The van der Waals surface area contributed by atoms with E-state index in [1.807, 2.05) is 0 Å². The minimum atomic E-state index is 0.538. The highest BCUT2D eigenvalue weighted by molar-refractivity contribution is 5.14. The standard InChI is InChI=1S/C12H14/c1-3-5-7-9-11-12-10-8-6-4-2/h1H,4-6,8,11H2,2H3. The molecule has 0 aliphatic rings. The first-order chi connectivity index (χ1) is 5.91. The molecule has 0 heterocycles. The van der Waals surface area contributed by atoms with Gasteiger partial charge in [-0.1, -0.05) is 37.0 Å². The summed E-state index contributed by atoms with van der Waals surface area (Å²) in [4.78, 5) is 0. The van der Waals surface area contributed by atoms with Crippen molar-refractivity contribution in [2.45, 2.75) is 39.0 Å². The summed E-state index contributed by atoms with van der Waals surface area (Å²) < 4.78 is 0. The van der Waals surface area contributed by atoms with Gasteiger partial charge in [0.05, 0.1) is 12.8 Å². The van der Waals surface area contributed by atoms with Gasteiger partial charge >= 0.3 is 0 Å². The van der Waals surface area contributed by atoms with Crippen LogP contribution in [0.2, 0.25) is 0 Å². The number of rotatable bonds is 2. The Balaban J connectivity index is 3.35. The molecule has 0 amide bonds. The first-order valence-electron chi connectivity index (χ1n) is 4.26. The Kier molecular flexibility index (Phi) is 8.62. The van der Waals surface area contributed by atoms with E-state index in [1.54, 1.807) is 0 Å². The van der Waals surface area contributed by atoms with Crippen molar-refractivity contribution in [1.29, 1.82) is 0 Å². The highest BCUT2D eigenvalue weighted by Crippen LogP contribution is 1.90. The molecule has 0 fully saturated rings. The van der Waals surface area contributed by atoms with Gasteiger partial charge in [-0.05, 0) is 6.42 Å². The fourth-order valence-corrected chi connectivity index (χ4v) is 0.636. The van der Waals surface area contributed by atoms with E-state index in [4.69, 9.17) is 6.42 Å². The van der Waals surface area contributed by atoms with Gasteiger partial charge in [0.2, 0.25) is 0 Å². The lowest BCUT2D eigenvalue weighted by molar-refractivity contribution is 0.828. The van der Waals surface area contributed by atoms with E-state index in [1.165, 1.54) is 12.8 Å². The smallest absolute Gasteiger partial charge is 0.0702 e. The first kappa shape index (κ1) is 10.7. The van der Waals surface area contributed by atoms with E-state index in [0.717, 1.165) is 6.42 Å². The molecule has 0 aromatic rings. The Labute approximate surface area is 75.8 Å². The van der Waals surface area contributed by atoms with Crippen LogP contribution in [0.15, 0.2) is 0 Å². The number of hydrogen-bond acceptors (Lipinski definition) is 0. The van der Waals surface area contributed by atoms with E-state index in [2.05, 4.69) is 36.5 Å². The Morgan fingerprint density at radius 2 is 1.67 bits per heavy atom. The fourth-order valence-electron chi connectivity index (χ4n) is 0.636. The zero-order valence-electron chi connectivity index (χ0n) is 7.61. The lowest BCUT2D eigenvalue weighted by Crippen LogP contribution is -1.67. The lowest BCUT2D eigenvalue weighted by Gasteiger charge is -1.82. The molecule has 0 saturated carbocycles. The summed E-state index contributed by atoms with van der Waals surface area (Å²) in [6, 6.07) is 0. The van der Waals surface area contributed by atoms with E-state index >= 15 is 0 Å². The molecule has 0 unspecified atom stereocenters. The van der Waals surface area contributed by atoms with Crippen LogP contribution in [0.5, 0.6) is 0 Å². The molecule has 0 radical (unpaired) electrons. The van der Waals surface area contributed by atoms with Crippen LogP contribution in [0.1, 0.15) is 39.0 Å². The summed E-state index contributed by atoms with van der Waals surface area (Å²) in [6.45, 7) is 2.16. The Morgan fingerprint density at radius 3 is 2.33 bits per heavy atom. The van der Waals surface area contributed by atoms with Crippen molar-refractivity contribution in [2.75, 3.05) is 0 Å². The molecule has 0 aromatic carbocycles. The molecule has 0 aliphatic carbocycles. The maximum absolute atomic E-state index is 5.02. The summed E-state index contributed by atoms with van der Waals surface area (Å²) in [5.74, 6) is 14.2. The summed E-state index contributed by atoms with van der Waals surface area (Å²) in [7, 11) is 0. The molecule has 0 aromatic heterocycles. The number of terminal acetylenes is 1. The van der Waals surface area contributed by atoms with E-state index in [9.17, 15) is 0 Å². The maximum Gasteiger partial charge on any atom is 0.0702 e. The Morgan fingerprint density at radius 1 is 1.00 bits per heavy atom. The van der Waals surface area contributed by atoms with Crippen LogP contribution in [0.3, 0.4) is 0 Å². The van der Waals surface area contributed by atoms with Crippen LogP contribution in [0.4, 0.5) is 0 Å². The van der Waals surface area contributed by atoms with Gasteiger partial charge in [0.1, 0.15) is 0 Å². The highest BCUT2D eigenvalue weighted by atomic mass is 13.8. The van der Waals surface area contributed by atoms with Crippen LogP contribution in [0, 0.1) is 36.0 Å². The SMILES string of the molecule is C#CCC#CCC#CCCCC. The fraction of sp³-hybridized carbons (Fsp3) is 0.500. The third-order valence-electron chi connectivity index (χ3n) is 1.27. The van der Waals surface area contributed by atoms with E-state index in [-0.39, 0.29) is 0 Å². The highest BCUT2D eigenvalue weighted by Gasteiger charge is 1.74. The second-order valence-corrected chi connectivity index (χ2v) is 2.37. The van der Waals surface area contributed by atoms with Gasteiger partial charge in [0.25, 0.3) is 0 Å². The summed E-state index contributed by atoms with van der Waals surface area (Å²) in [6.07, 6.45) is 9.60. The van der Waals surface area contributed by atoms with Gasteiger partial charge < -0.3 is 0 Å². The van der Waals surface area contributed by atoms with Crippen molar-refractivity contribution in [3.8, 4) is 36.0 Å². The molecule has 62 valence electrons. The van der Waals surface area contributed by atoms with Crippen molar-refractivity contribution in [3.05, 3.63) is 0 Å². The normalized spacial score (nSPS) is 7.00. The second-order valence-electron chi connectivity index (χ2n) is 2.37. The van der Waals surface area contributed by atoms with Crippen LogP contribution < -0.4 is 0 Å². The monoisotopic (exact) mass is 158 g/mol. The van der Waals surface area contributed by atoms with Gasteiger partial charge in [-0.15, -0.1) is 12.3 Å². The topological polar surface area (TPSA) is 0 Å². The summed E-state index contributed by atoms with van der Waals surface area (Å²) in [5.41, 5.74) is 0. The van der Waals surface area contributed by atoms with Crippen LogP contribution in [0.25, 0.3) is 0 Å². The van der Waals surface area contributed by atoms with Gasteiger partial charge in [-0.3, -0.25) is 0 Å². The molecule has 0 N–H and O–H groups in total. The molecule has 0 heteroatoms. The second kappa shape index (κ2) is 9.68. The molecular formula is C12H14. The third kappa shape index (κ3) is 8.68. The summed E-state index contributed by atoms with van der Waals surface area (Å²) >= 11 is 0. The summed E-state index contributed by atoms with van der Waals surface area (Å²) in [5, 5.41) is 0. The van der Waals surface area contributed by atoms with Gasteiger partial charge in [0.15, 0.2) is 0 Å². The van der Waals surface area contributed by atoms with E-state index < -0.39 is 0 Å². The molecule has 0 aliphatic heterocycles. The molecule has 12 heavy (non-hydrogen) atoms. The van der Waals surface area contributed by atoms with Crippen molar-refractivity contribution in [1.82, 2.24) is 0 Å². The number of hydrogen-bond donors (Lipinski definition) is 0.